The number of hydrogen-bond donors (Lipinski definition) is 1. The highest BCUT2D eigenvalue weighted by atomic mass is 32.2. The van der Waals surface area contributed by atoms with Crippen LogP contribution in [0.15, 0.2) is 24.3 Å². The SMILES string of the molecule is CCCSCC(=O)N1CCC(Cc2ccccc2C(=O)O)CC1. The molecule has 1 heterocycles. The molecule has 5 heteroatoms. The number of amides is 1. The second kappa shape index (κ2) is 8.96. The molecule has 1 aromatic rings. The second-order valence-corrected chi connectivity index (χ2v) is 7.15. The molecule has 0 aromatic heterocycles. The predicted molar refractivity (Wildman–Crippen MR) is 94.0 cm³/mol. The fourth-order valence-electron chi connectivity index (χ4n) is 3.00. The lowest BCUT2D eigenvalue weighted by Crippen LogP contribution is -2.40. The molecule has 0 atom stereocenters. The van der Waals surface area contributed by atoms with Gasteiger partial charge in [-0.1, -0.05) is 25.1 Å². The summed E-state index contributed by atoms with van der Waals surface area (Å²) in [4.78, 5) is 25.3. The van der Waals surface area contributed by atoms with Gasteiger partial charge in [0, 0.05) is 13.1 Å². The van der Waals surface area contributed by atoms with Crippen molar-refractivity contribution in [2.45, 2.75) is 32.6 Å². The quantitative estimate of drug-likeness (QED) is 0.777. The van der Waals surface area contributed by atoms with Gasteiger partial charge in [0.1, 0.15) is 0 Å². The van der Waals surface area contributed by atoms with Gasteiger partial charge in [0.25, 0.3) is 0 Å². The van der Waals surface area contributed by atoms with Gasteiger partial charge >= 0.3 is 5.97 Å². The number of rotatable bonds is 7. The van der Waals surface area contributed by atoms with Crippen LogP contribution in [0.4, 0.5) is 0 Å². The van der Waals surface area contributed by atoms with E-state index in [1.165, 1.54) is 0 Å². The molecule has 0 aliphatic carbocycles. The van der Waals surface area contributed by atoms with Crippen LogP contribution in [0.1, 0.15) is 42.1 Å². The first-order valence-corrected chi connectivity index (χ1v) is 9.44. The van der Waals surface area contributed by atoms with Crippen LogP contribution in [-0.4, -0.2) is 46.5 Å². The Morgan fingerprint density at radius 3 is 2.61 bits per heavy atom. The maximum Gasteiger partial charge on any atom is 0.335 e. The first-order chi connectivity index (χ1) is 11.1. The van der Waals surface area contributed by atoms with Crippen LogP contribution in [0.3, 0.4) is 0 Å². The van der Waals surface area contributed by atoms with Crippen molar-refractivity contribution in [3.05, 3.63) is 35.4 Å². The van der Waals surface area contributed by atoms with Crippen molar-refractivity contribution in [2.75, 3.05) is 24.6 Å². The Morgan fingerprint density at radius 2 is 1.96 bits per heavy atom. The second-order valence-electron chi connectivity index (χ2n) is 6.04. The Kier molecular flexibility index (Phi) is 6.96. The van der Waals surface area contributed by atoms with Crippen LogP contribution in [0.2, 0.25) is 0 Å². The average molecular weight is 335 g/mol. The topological polar surface area (TPSA) is 57.6 Å². The summed E-state index contributed by atoms with van der Waals surface area (Å²) < 4.78 is 0. The van der Waals surface area contributed by atoms with Gasteiger partial charge in [-0.3, -0.25) is 4.79 Å². The molecule has 23 heavy (non-hydrogen) atoms. The Balaban J connectivity index is 1.83. The van der Waals surface area contributed by atoms with E-state index in [1.807, 2.05) is 17.0 Å². The van der Waals surface area contributed by atoms with Gasteiger partial charge in [-0.2, -0.15) is 11.8 Å². The highest BCUT2D eigenvalue weighted by Gasteiger charge is 2.23. The van der Waals surface area contributed by atoms with Gasteiger partial charge in [-0.05, 0) is 49.0 Å². The summed E-state index contributed by atoms with van der Waals surface area (Å²) in [7, 11) is 0. The normalized spacial score (nSPS) is 15.6. The van der Waals surface area contributed by atoms with Crippen molar-refractivity contribution in [2.24, 2.45) is 5.92 Å². The van der Waals surface area contributed by atoms with Crippen molar-refractivity contribution in [3.63, 3.8) is 0 Å². The molecule has 2 rings (SSSR count). The van der Waals surface area contributed by atoms with Gasteiger partial charge in [-0.25, -0.2) is 4.79 Å². The number of nitrogens with zero attached hydrogens (tertiary/aromatic N) is 1. The molecular formula is C18H25NO3S. The zero-order valence-electron chi connectivity index (χ0n) is 13.7. The molecule has 1 aliphatic rings. The number of carboxylic acids is 1. The molecule has 1 aromatic carbocycles. The third kappa shape index (κ3) is 5.27. The van der Waals surface area contributed by atoms with Crippen LogP contribution in [0.25, 0.3) is 0 Å². The number of thioether (sulfide) groups is 1. The molecule has 1 aliphatic heterocycles. The molecule has 0 bridgehead atoms. The van der Waals surface area contributed by atoms with Gasteiger partial charge in [0.2, 0.25) is 5.91 Å². The number of hydrogen-bond acceptors (Lipinski definition) is 3. The van der Waals surface area contributed by atoms with E-state index < -0.39 is 5.97 Å². The van der Waals surface area contributed by atoms with Gasteiger partial charge in [0.15, 0.2) is 0 Å². The molecular weight excluding hydrogens is 310 g/mol. The number of carbonyl (C=O) groups excluding carboxylic acids is 1. The number of piperidine rings is 1. The zero-order chi connectivity index (χ0) is 16.7. The van der Waals surface area contributed by atoms with E-state index in [0.717, 1.165) is 50.1 Å². The largest absolute Gasteiger partial charge is 0.478 e. The smallest absolute Gasteiger partial charge is 0.335 e. The van der Waals surface area contributed by atoms with Crippen LogP contribution in [0, 0.1) is 5.92 Å². The summed E-state index contributed by atoms with van der Waals surface area (Å²) >= 11 is 1.71. The minimum Gasteiger partial charge on any atom is -0.478 e. The van der Waals surface area contributed by atoms with Crippen LogP contribution in [0.5, 0.6) is 0 Å². The number of likely N-dealkylation sites (tertiary alicyclic amines) is 1. The third-order valence-electron chi connectivity index (χ3n) is 4.30. The predicted octanol–water partition coefficient (Wildman–Crippen LogP) is 3.31. The zero-order valence-corrected chi connectivity index (χ0v) is 14.5. The standard InChI is InChI=1S/C18H25NO3S/c1-2-11-23-13-17(20)19-9-7-14(8-10-19)12-15-5-3-4-6-16(15)18(21)22/h3-6,14H,2,7-13H2,1H3,(H,21,22). The lowest BCUT2D eigenvalue weighted by Gasteiger charge is -2.32. The molecule has 0 spiro atoms. The van der Waals surface area contributed by atoms with E-state index in [1.54, 1.807) is 23.9 Å². The number of benzene rings is 1. The molecule has 126 valence electrons. The van der Waals surface area contributed by atoms with E-state index in [2.05, 4.69) is 6.92 Å². The Bertz CT molecular complexity index is 539. The summed E-state index contributed by atoms with van der Waals surface area (Å²) in [5, 5.41) is 9.26. The van der Waals surface area contributed by atoms with E-state index in [4.69, 9.17) is 0 Å². The lowest BCUT2D eigenvalue weighted by molar-refractivity contribution is -0.129. The summed E-state index contributed by atoms with van der Waals surface area (Å²) in [5.41, 5.74) is 1.31. The van der Waals surface area contributed by atoms with Crippen molar-refractivity contribution in [3.8, 4) is 0 Å². The maximum atomic E-state index is 12.1. The van der Waals surface area contributed by atoms with Gasteiger partial charge in [0.05, 0.1) is 11.3 Å². The van der Waals surface area contributed by atoms with Crippen molar-refractivity contribution in [1.82, 2.24) is 4.90 Å². The van der Waals surface area contributed by atoms with Crippen molar-refractivity contribution >= 4 is 23.6 Å². The van der Waals surface area contributed by atoms with Gasteiger partial charge in [-0.15, -0.1) is 0 Å². The molecule has 4 nitrogen and oxygen atoms in total. The fraction of sp³-hybridized carbons (Fsp3) is 0.556. The van der Waals surface area contributed by atoms with Crippen molar-refractivity contribution < 1.29 is 14.7 Å². The van der Waals surface area contributed by atoms with Crippen LogP contribution < -0.4 is 0 Å². The summed E-state index contributed by atoms with van der Waals surface area (Å²) in [6.45, 7) is 3.72. The fourth-order valence-corrected chi connectivity index (χ4v) is 3.79. The van der Waals surface area contributed by atoms with Gasteiger partial charge < -0.3 is 10.0 Å². The Morgan fingerprint density at radius 1 is 1.26 bits per heavy atom. The molecule has 1 saturated heterocycles. The highest BCUT2D eigenvalue weighted by molar-refractivity contribution is 7.99. The maximum absolute atomic E-state index is 12.1. The summed E-state index contributed by atoms with van der Waals surface area (Å²) in [6.07, 6.45) is 3.80. The Hall–Kier alpha value is -1.49. The van der Waals surface area contributed by atoms with Crippen LogP contribution >= 0.6 is 11.8 Å². The number of aromatic carboxylic acids is 1. The Labute approximate surface area is 142 Å². The molecule has 0 radical (unpaired) electrons. The van der Waals surface area contributed by atoms with Crippen LogP contribution in [-0.2, 0) is 11.2 Å². The average Bonchev–Trinajstić information content (AvgIpc) is 2.56. The summed E-state index contributed by atoms with van der Waals surface area (Å²) in [5.74, 6) is 1.46. The molecule has 1 amide bonds. The monoisotopic (exact) mass is 335 g/mol. The lowest BCUT2D eigenvalue weighted by atomic mass is 9.88. The first kappa shape index (κ1) is 17.9. The van der Waals surface area contributed by atoms with E-state index in [9.17, 15) is 14.7 Å². The molecule has 0 saturated carbocycles. The molecule has 1 N–H and O–H groups in total. The molecule has 1 fully saturated rings. The first-order valence-electron chi connectivity index (χ1n) is 8.28. The highest BCUT2D eigenvalue weighted by Crippen LogP contribution is 2.24. The van der Waals surface area contributed by atoms with E-state index in [-0.39, 0.29) is 5.91 Å². The van der Waals surface area contributed by atoms with E-state index in [0.29, 0.717) is 17.2 Å². The number of carboxylic acid groups (broad SMARTS) is 1. The minimum absolute atomic E-state index is 0.243. The number of carbonyl (C=O) groups is 2. The van der Waals surface area contributed by atoms with Crippen molar-refractivity contribution in [1.29, 1.82) is 0 Å². The molecule has 0 unspecified atom stereocenters. The third-order valence-corrected chi connectivity index (χ3v) is 5.45. The van der Waals surface area contributed by atoms with E-state index >= 15 is 0 Å². The summed E-state index contributed by atoms with van der Waals surface area (Å²) in [6, 6.07) is 7.23. The minimum atomic E-state index is -0.860.